The quantitative estimate of drug-likeness (QED) is 0.873. The van der Waals surface area contributed by atoms with Crippen LogP contribution in [0, 0.1) is 0 Å². The fraction of sp³-hybridized carbons (Fsp3) is 0.125. The van der Waals surface area contributed by atoms with E-state index in [4.69, 9.17) is 11.5 Å². The van der Waals surface area contributed by atoms with E-state index in [0.29, 0.717) is 5.56 Å². The molecular formula is C8H8Br2N2O. The highest BCUT2D eigenvalue weighted by Gasteiger charge is 2.12. The summed E-state index contributed by atoms with van der Waals surface area (Å²) in [4.78, 5) is 10.8. The highest BCUT2D eigenvalue weighted by Crippen LogP contribution is 2.25. The Morgan fingerprint density at radius 1 is 1.31 bits per heavy atom. The first-order chi connectivity index (χ1) is 6.02. The SMILES string of the molecule is NC(=O)C(N)c1ccc(Br)c(Br)c1. The van der Waals surface area contributed by atoms with Gasteiger partial charge in [0.2, 0.25) is 5.91 Å². The van der Waals surface area contributed by atoms with Crippen molar-refractivity contribution in [1.82, 2.24) is 0 Å². The number of rotatable bonds is 2. The van der Waals surface area contributed by atoms with E-state index >= 15 is 0 Å². The summed E-state index contributed by atoms with van der Waals surface area (Å²) < 4.78 is 1.76. The smallest absolute Gasteiger partial charge is 0.238 e. The van der Waals surface area contributed by atoms with Crippen molar-refractivity contribution >= 4 is 37.8 Å². The zero-order chi connectivity index (χ0) is 10.0. The maximum Gasteiger partial charge on any atom is 0.238 e. The molecule has 1 aromatic rings. The molecule has 0 aliphatic carbocycles. The van der Waals surface area contributed by atoms with Crippen molar-refractivity contribution in [3.8, 4) is 0 Å². The first-order valence-electron chi connectivity index (χ1n) is 3.52. The van der Waals surface area contributed by atoms with E-state index in [2.05, 4.69) is 31.9 Å². The van der Waals surface area contributed by atoms with Gasteiger partial charge in [-0.05, 0) is 49.6 Å². The predicted octanol–water partition coefficient (Wildman–Crippen LogP) is 1.70. The van der Waals surface area contributed by atoms with E-state index in [1.807, 2.05) is 6.07 Å². The molecule has 0 spiro atoms. The van der Waals surface area contributed by atoms with E-state index in [9.17, 15) is 4.79 Å². The molecule has 1 unspecified atom stereocenters. The van der Waals surface area contributed by atoms with Crippen molar-refractivity contribution in [2.75, 3.05) is 0 Å². The average Bonchev–Trinajstić information content (AvgIpc) is 2.08. The first kappa shape index (κ1) is 10.7. The molecule has 4 N–H and O–H groups in total. The molecule has 1 amide bonds. The first-order valence-corrected chi connectivity index (χ1v) is 5.11. The molecule has 0 bridgehead atoms. The van der Waals surface area contributed by atoms with E-state index in [0.717, 1.165) is 8.95 Å². The van der Waals surface area contributed by atoms with Gasteiger partial charge in [-0.2, -0.15) is 0 Å². The van der Waals surface area contributed by atoms with Gasteiger partial charge in [0.1, 0.15) is 6.04 Å². The molecular weight excluding hydrogens is 300 g/mol. The zero-order valence-corrected chi connectivity index (χ0v) is 9.80. The van der Waals surface area contributed by atoms with Crippen LogP contribution in [0.15, 0.2) is 27.1 Å². The monoisotopic (exact) mass is 306 g/mol. The summed E-state index contributed by atoms with van der Waals surface area (Å²) in [6.07, 6.45) is 0. The van der Waals surface area contributed by atoms with Crippen LogP contribution in [-0.4, -0.2) is 5.91 Å². The van der Waals surface area contributed by atoms with Gasteiger partial charge in [0.05, 0.1) is 0 Å². The number of primary amides is 1. The summed E-state index contributed by atoms with van der Waals surface area (Å²) >= 11 is 6.62. The van der Waals surface area contributed by atoms with E-state index in [-0.39, 0.29) is 0 Å². The van der Waals surface area contributed by atoms with Gasteiger partial charge < -0.3 is 11.5 Å². The molecule has 1 aromatic carbocycles. The Morgan fingerprint density at radius 2 is 1.92 bits per heavy atom. The largest absolute Gasteiger partial charge is 0.368 e. The summed E-state index contributed by atoms with van der Waals surface area (Å²) in [5, 5.41) is 0. The second kappa shape index (κ2) is 4.21. The molecule has 0 saturated heterocycles. The number of nitrogens with two attached hydrogens (primary N) is 2. The third-order valence-electron chi connectivity index (χ3n) is 1.61. The minimum absolute atomic E-state index is 0.533. The maximum absolute atomic E-state index is 10.8. The molecule has 1 rings (SSSR count). The van der Waals surface area contributed by atoms with E-state index < -0.39 is 11.9 Å². The minimum Gasteiger partial charge on any atom is -0.368 e. The molecule has 1 atom stereocenters. The number of hydrogen-bond donors (Lipinski definition) is 2. The van der Waals surface area contributed by atoms with Crippen molar-refractivity contribution < 1.29 is 4.79 Å². The minimum atomic E-state index is -0.746. The van der Waals surface area contributed by atoms with Crippen LogP contribution in [0.25, 0.3) is 0 Å². The van der Waals surface area contributed by atoms with Crippen molar-refractivity contribution in [1.29, 1.82) is 0 Å². The normalized spacial score (nSPS) is 12.5. The van der Waals surface area contributed by atoms with E-state index in [1.165, 1.54) is 0 Å². The molecule has 0 fully saturated rings. The lowest BCUT2D eigenvalue weighted by atomic mass is 10.1. The summed E-state index contributed by atoms with van der Waals surface area (Å²) in [6.45, 7) is 0. The Bertz CT molecular complexity index is 341. The number of hydrogen-bond acceptors (Lipinski definition) is 2. The number of benzene rings is 1. The molecule has 0 aliphatic heterocycles. The lowest BCUT2D eigenvalue weighted by Crippen LogP contribution is -2.28. The fourth-order valence-electron chi connectivity index (χ4n) is 0.870. The van der Waals surface area contributed by atoms with Gasteiger partial charge >= 0.3 is 0 Å². The summed E-state index contributed by atoms with van der Waals surface area (Å²) in [5.74, 6) is -0.533. The van der Waals surface area contributed by atoms with Crippen molar-refractivity contribution in [3.05, 3.63) is 32.7 Å². The Balaban J connectivity index is 3.03. The molecule has 0 heterocycles. The molecule has 0 aromatic heterocycles. The third kappa shape index (κ3) is 2.52. The molecule has 0 aliphatic rings. The molecule has 3 nitrogen and oxygen atoms in total. The second-order valence-electron chi connectivity index (χ2n) is 2.55. The lowest BCUT2D eigenvalue weighted by molar-refractivity contribution is -0.119. The predicted molar refractivity (Wildman–Crippen MR) is 58.0 cm³/mol. The van der Waals surface area contributed by atoms with Gasteiger partial charge in [-0.25, -0.2) is 0 Å². The van der Waals surface area contributed by atoms with Gasteiger partial charge in [0.25, 0.3) is 0 Å². The average molecular weight is 308 g/mol. The molecule has 0 saturated carbocycles. The van der Waals surface area contributed by atoms with Crippen molar-refractivity contribution in [2.45, 2.75) is 6.04 Å². The number of carbonyl (C=O) groups excluding carboxylic acids is 1. The van der Waals surface area contributed by atoms with Crippen LogP contribution in [-0.2, 0) is 4.79 Å². The van der Waals surface area contributed by atoms with Crippen molar-refractivity contribution in [2.24, 2.45) is 11.5 Å². The third-order valence-corrected chi connectivity index (χ3v) is 3.49. The van der Waals surface area contributed by atoms with Crippen LogP contribution in [0.1, 0.15) is 11.6 Å². The summed E-state index contributed by atoms with van der Waals surface area (Å²) in [7, 11) is 0. The summed E-state index contributed by atoms with van der Waals surface area (Å²) in [5.41, 5.74) is 11.3. The van der Waals surface area contributed by atoms with Crippen LogP contribution >= 0.6 is 31.9 Å². The van der Waals surface area contributed by atoms with Gasteiger partial charge in [-0.3, -0.25) is 4.79 Å². The highest BCUT2D eigenvalue weighted by atomic mass is 79.9. The van der Waals surface area contributed by atoms with Gasteiger partial charge in [0, 0.05) is 8.95 Å². The van der Waals surface area contributed by atoms with Crippen molar-refractivity contribution in [3.63, 3.8) is 0 Å². The molecule has 0 radical (unpaired) electrons. The van der Waals surface area contributed by atoms with Crippen LogP contribution in [0.3, 0.4) is 0 Å². The Morgan fingerprint density at radius 3 is 2.38 bits per heavy atom. The van der Waals surface area contributed by atoms with Crippen LogP contribution in [0.2, 0.25) is 0 Å². The van der Waals surface area contributed by atoms with Gasteiger partial charge in [0.15, 0.2) is 0 Å². The van der Waals surface area contributed by atoms with Crippen LogP contribution in [0.4, 0.5) is 0 Å². The molecule has 13 heavy (non-hydrogen) atoms. The van der Waals surface area contributed by atoms with Gasteiger partial charge in [-0.15, -0.1) is 0 Å². The van der Waals surface area contributed by atoms with Crippen LogP contribution in [0.5, 0.6) is 0 Å². The number of halogens is 2. The maximum atomic E-state index is 10.8. The zero-order valence-electron chi connectivity index (χ0n) is 6.63. The number of amides is 1. The topological polar surface area (TPSA) is 69.1 Å². The molecule has 70 valence electrons. The van der Waals surface area contributed by atoms with Gasteiger partial charge in [-0.1, -0.05) is 6.07 Å². The highest BCUT2D eigenvalue weighted by molar-refractivity contribution is 9.13. The van der Waals surface area contributed by atoms with E-state index in [1.54, 1.807) is 12.1 Å². The Labute approximate surface area is 92.7 Å². The fourth-order valence-corrected chi connectivity index (χ4v) is 1.51. The van der Waals surface area contributed by atoms with Crippen LogP contribution < -0.4 is 11.5 Å². The molecule has 5 heteroatoms. The Hall–Kier alpha value is -0.390. The second-order valence-corrected chi connectivity index (χ2v) is 4.26. The lowest BCUT2D eigenvalue weighted by Gasteiger charge is -2.08. The summed E-state index contributed by atoms with van der Waals surface area (Å²) in [6, 6.07) is 4.58. The number of carbonyl (C=O) groups is 1. The Kier molecular flexibility index (Phi) is 3.47. The standard InChI is InChI=1S/C8H8Br2N2O/c9-5-2-1-4(3-6(5)10)7(11)8(12)13/h1-3,7H,11H2,(H2,12,13).